The molecule has 0 atom stereocenters. The van der Waals surface area contributed by atoms with Crippen molar-refractivity contribution in [2.24, 2.45) is 5.10 Å². The van der Waals surface area contributed by atoms with Crippen LogP contribution in [0.1, 0.15) is 12.5 Å². The standard InChI is InChI=1S/C19H22ClN3O5S/c1-4-28-17-8-6-5-7-14(17)12-21-22-19(24)13-23(2)29(25,26)15-9-10-18(27-3)16(20)11-15/h5-12H,4,13H2,1-3H3,(H,22,24). The Hall–Kier alpha value is -2.62. The van der Waals surface area contributed by atoms with Crippen molar-refractivity contribution in [3.8, 4) is 11.5 Å². The Kier molecular flexibility index (Phi) is 8.00. The first kappa shape index (κ1) is 22.7. The number of rotatable bonds is 9. The number of likely N-dealkylation sites (N-methyl/N-ethyl adjacent to an activating group) is 1. The molecule has 0 fully saturated rings. The van der Waals surface area contributed by atoms with Crippen LogP contribution in [0.5, 0.6) is 11.5 Å². The summed E-state index contributed by atoms with van der Waals surface area (Å²) >= 11 is 5.99. The number of hydrazone groups is 1. The number of methoxy groups -OCH3 is 1. The molecule has 0 aromatic heterocycles. The maximum absolute atomic E-state index is 12.6. The Morgan fingerprint density at radius 1 is 1.24 bits per heavy atom. The quantitative estimate of drug-likeness (QED) is 0.478. The number of carbonyl (C=O) groups is 1. The summed E-state index contributed by atoms with van der Waals surface area (Å²) in [4.78, 5) is 12.0. The summed E-state index contributed by atoms with van der Waals surface area (Å²) in [5.41, 5.74) is 2.99. The van der Waals surface area contributed by atoms with E-state index < -0.39 is 22.5 Å². The van der Waals surface area contributed by atoms with Gasteiger partial charge in [0.2, 0.25) is 10.0 Å². The molecule has 0 aliphatic rings. The highest BCUT2D eigenvalue weighted by Gasteiger charge is 2.23. The molecule has 0 spiro atoms. The SMILES string of the molecule is CCOc1ccccc1C=NNC(=O)CN(C)S(=O)(=O)c1ccc(OC)c(Cl)c1. The van der Waals surface area contributed by atoms with E-state index in [-0.39, 0.29) is 9.92 Å². The molecular weight excluding hydrogens is 418 g/mol. The number of benzene rings is 2. The Labute approximate surface area is 175 Å². The van der Waals surface area contributed by atoms with E-state index >= 15 is 0 Å². The topological polar surface area (TPSA) is 97.3 Å². The van der Waals surface area contributed by atoms with Gasteiger partial charge < -0.3 is 9.47 Å². The van der Waals surface area contributed by atoms with E-state index in [2.05, 4.69) is 10.5 Å². The van der Waals surface area contributed by atoms with Gasteiger partial charge in [0.1, 0.15) is 11.5 Å². The zero-order valence-electron chi connectivity index (χ0n) is 16.3. The number of ether oxygens (including phenoxy) is 2. The Bertz CT molecular complexity index is 995. The van der Waals surface area contributed by atoms with Gasteiger partial charge in [-0.15, -0.1) is 0 Å². The van der Waals surface area contributed by atoms with Gasteiger partial charge in [-0.25, -0.2) is 13.8 Å². The second-order valence-corrected chi connectivity index (χ2v) is 8.27. The van der Waals surface area contributed by atoms with Crippen molar-refractivity contribution in [2.45, 2.75) is 11.8 Å². The van der Waals surface area contributed by atoms with Gasteiger partial charge in [0.15, 0.2) is 0 Å². The molecular formula is C19H22ClN3O5S. The molecule has 0 aliphatic heterocycles. The summed E-state index contributed by atoms with van der Waals surface area (Å²) in [6.07, 6.45) is 1.43. The van der Waals surface area contributed by atoms with Crippen molar-refractivity contribution in [1.82, 2.24) is 9.73 Å². The van der Waals surface area contributed by atoms with Crippen LogP contribution in [0.15, 0.2) is 52.5 Å². The van der Waals surface area contributed by atoms with Crippen molar-refractivity contribution >= 4 is 33.7 Å². The van der Waals surface area contributed by atoms with Crippen molar-refractivity contribution in [1.29, 1.82) is 0 Å². The van der Waals surface area contributed by atoms with Gasteiger partial charge in [-0.05, 0) is 37.3 Å². The molecule has 29 heavy (non-hydrogen) atoms. The normalized spacial score (nSPS) is 11.6. The van der Waals surface area contributed by atoms with Gasteiger partial charge in [-0.1, -0.05) is 23.7 Å². The predicted octanol–water partition coefficient (Wildman–Crippen LogP) is 2.52. The molecule has 156 valence electrons. The Morgan fingerprint density at radius 2 is 1.97 bits per heavy atom. The van der Waals surface area contributed by atoms with E-state index in [0.29, 0.717) is 23.7 Å². The van der Waals surface area contributed by atoms with E-state index in [9.17, 15) is 13.2 Å². The first-order valence-electron chi connectivity index (χ1n) is 8.63. The van der Waals surface area contributed by atoms with Crippen LogP contribution in [0.4, 0.5) is 0 Å². The van der Waals surface area contributed by atoms with Crippen LogP contribution in [0.2, 0.25) is 5.02 Å². The minimum absolute atomic E-state index is 0.0484. The van der Waals surface area contributed by atoms with Gasteiger partial charge >= 0.3 is 0 Å². The van der Waals surface area contributed by atoms with Crippen LogP contribution in [0, 0.1) is 0 Å². The number of hydrogen-bond donors (Lipinski definition) is 1. The fourth-order valence-corrected chi connectivity index (χ4v) is 3.83. The van der Waals surface area contributed by atoms with Crippen LogP contribution in [-0.2, 0) is 14.8 Å². The van der Waals surface area contributed by atoms with Crippen LogP contribution < -0.4 is 14.9 Å². The van der Waals surface area contributed by atoms with Crippen molar-refractivity contribution < 1.29 is 22.7 Å². The lowest BCUT2D eigenvalue weighted by Gasteiger charge is -2.16. The smallest absolute Gasteiger partial charge is 0.255 e. The number of hydrogen-bond acceptors (Lipinski definition) is 6. The first-order chi connectivity index (χ1) is 13.8. The third kappa shape index (κ3) is 5.93. The molecule has 1 N–H and O–H groups in total. The van der Waals surface area contributed by atoms with Gasteiger partial charge in [-0.3, -0.25) is 4.79 Å². The summed E-state index contributed by atoms with van der Waals surface area (Å²) in [6, 6.07) is 11.3. The number of sulfonamides is 1. The number of halogens is 1. The van der Waals surface area contributed by atoms with Gasteiger partial charge in [-0.2, -0.15) is 9.41 Å². The lowest BCUT2D eigenvalue weighted by Crippen LogP contribution is -2.36. The average molecular weight is 440 g/mol. The molecule has 8 nitrogen and oxygen atoms in total. The number of carbonyl (C=O) groups excluding carboxylic acids is 1. The summed E-state index contributed by atoms with van der Waals surface area (Å²) < 4.78 is 36.6. The third-order valence-electron chi connectivity index (χ3n) is 3.81. The van der Waals surface area contributed by atoms with Gasteiger partial charge in [0.25, 0.3) is 5.91 Å². The molecule has 0 aliphatic carbocycles. The summed E-state index contributed by atoms with van der Waals surface area (Å²) in [6.45, 7) is 1.94. The fourth-order valence-electron chi connectivity index (χ4n) is 2.36. The second kappa shape index (κ2) is 10.2. The van der Waals surface area contributed by atoms with Crippen LogP contribution >= 0.6 is 11.6 Å². The maximum atomic E-state index is 12.6. The second-order valence-electron chi connectivity index (χ2n) is 5.82. The molecule has 2 aromatic carbocycles. The van der Waals surface area contributed by atoms with Gasteiger partial charge in [0, 0.05) is 12.6 Å². The fraction of sp³-hybridized carbons (Fsp3) is 0.263. The van der Waals surface area contributed by atoms with E-state index in [1.54, 1.807) is 12.1 Å². The zero-order valence-corrected chi connectivity index (χ0v) is 17.8. The van der Waals surface area contributed by atoms with E-state index in [1.807, 2.05) is 19.1 Å². The van der Waals surface area contributed by atoms with E-state index in [0.717, 1.165) is 4.31 Å². The summed E-state index contributed by atoms with van der Waals surface area (Å²) in [5, 5.41) is 4.02. The van der Waals surface area contributed by atoms with Crippen LogP contribution in [0.3, 0.4) is 0 Å². The highest BCUT2D eigenvalue weighted by molar-refractivity contribution is 7.89. The number of amides is 1. The number of para-hydroxylation sites is 1. The molecule has 0 saturated carbocycles. The monoisotopic (exact) mass is 439 g/mol. The maximum Gasteiger partial charge on any atom is 0.255 e. The van der Waals surface area contributed by atoms with Crippen molar-refractivity contribution in [2.75, 3.05) is 27.3 Å². The molecule has 0 saturated heterocycles. The summed E-state index contributed by atoms with van der Waals surface area (Å²) in [7, 11) is -1.19. The van der Waals surface area contributed by atoms with Gasteiger partial charge in [0.05, 0.1) is 36.4 Å². The largest absolute Gasteiger partial charge is 0.495 e. The molecule has 0 unspecified atom stereocenters. The van der Waals surface area contributed by atoms with Crippen molar-refractivity contribution in [3.63, 3.8) is 0 Å². The number of nitrogens with zero attached hydrogens (tertiary/aromatic N) is 2. The van der Waals surface area contributed by atoms with E-state index in [1.165, 1.54) is 38.6 Å². The van der Waals surface area contributed by atoms with Crippen LogP contribution in [0.25, 0.3) is 0 Å². The number of nitrogens with one attached hydrogen (secondary N) is 1. The molecule has 10 heteroatoms. The first-order valence-corrected chi connectivity index (χ1v) is 10.4. The molecule has 0 bridgehead atoms. The molecule has 0 radical (unpaired) electrons. The molecule has 1 amide bonds. The molecule has 0 heterocycles. The molecule has 2 rings (SSSR count). The molecule has 2 aromatic rings. The highest BCUT2D eigenvalue weighted by atomic mass is 35.5. The summed E-state index contributed by atoms with van der Waals surface area (Å²) in [5.74, 6) is 0.387. The van der Waals surface area contributed by atoms with Crippen LogP contribution in [-0.4, -0.2) is 52.2 Å². The third-order valence-corrected chi connectivity index (χ3v) is 5.90. The minimum Gasteiger partial charge on any atom is -0.495 e. The van der Waals surface area contributed by atoms with E-state index in [4.69, 9.17) is 21.1 Å². The highest BCUT2D eigenvalue weighted by Crippen LogP contribution is 2.28. The zero-order chi connectivity index (χ0) is 21.4. The van der Waals surface area contributed by atoms with Crippen molar-refractivity contribution in [3.05, 3.63) is 53.1 Å². The lowest BCUT2D eigenvalue weighted by molar-refractivity contribution is -0.121. The Morgan fingerprint density at radius 3 is 2.62 bits per heavy atom. The Balaban J connectivity index is 2.02. The predicted molar refractivity (Wildman–Crippen MR) is 111 cm³/mol. The average Bonchev–Trinajstić information content (AvgIpc) is 2.69. The minimum atomic E-state index is -3.91. The lowest BCUT2D eigenvalue weighted by atomic mass is 10.2.